The lowest BCUT2D eigenvalue weighted by Gasteiger charge is -2.31. The van der Waals surface area contributed by atoms with Crippen LogP contribution < -0.4 is 9.64 Å². The molecular weight excluding hydrogens is 306 g/mol. The zero-order valence-electron chi connectivity index (χ0n) is 12.9. The fourth-order valence-electron chi connectivity index (χ4n) is 2.44. The zero-order chi connectivity index (χ0) is 15.0. The van der Waals surface area contributed by atoms with Crippen molar-refractivity contribution in [3.8, 4) is 5.75 Å². The van der Waals surface area contributed by atoms with Gasteiger partial charge in [-0.3, -0.25) is 0 Å². The molecule has 0 spiro atoms. The van der Waals surface area contributed by atoms with Crippen molar-refractivity contribution in [2.24, 2.45) is 0 Å². The van der Waals surface area contributed by atoms with Crippen LogP contribution in [0, 0.1) is 20.8 Å². The van der Waals surface area contributed by atoms with Gasteiger partial charge in [0.25, 0.3) is 0 Å². The molecule has 0 amide bonds. The van der Waals surface area contributed by atoms with Gasteiger partial charge in [-0.05, 0) is 51.3 Å². The van der Waals surface area contributed by atoms with Crippen LogP contribution >= 0.6 is 15.9 Å². The Hall–Kier alpha value is -0.740. The lowest BCUT2D eigenvalue weighted by atomic mass is 10.0. The topological polar surface area (TPSA) is 32.7 Å². The first kappa shape index (κ1) is 16.3. The Labute approximate surface area is 124 Å². The first-order valence-electron chi connectivity index (χ1n) is 6.37. The summed E-state index contributed by atoms with van der Waals surface area (Å²) in [6, 6.07) is 0. The fraction of sp³-hybridized carbons (Fsp3) is 0.600. The Kier molecular flexibility index (Phi) is 4.91. The van der Waals surface area contributed by atoms with Gasteiger partial charge >= 0.3 is 0 Å². The minimum absolute atomic E-state index is 0.541. The van der Waals surface area contributed by atoms with E-state index in [-0.39, 0.29) is 0 Å². The highest BCUT2D eigenvalue weighted by Crippen LogP contribution is 2.41. The van der Waals surface area contributed by atoms with Gasteiger partial charge in [0.15, 0.2) is 0 Å². The molecule has 0 aliphatic rings. The van der Waals surface area contributed by atoms with Crippen molar-refractivity contribution in [2.45, 2.75) is 40.2 Å². The van der Waals surface area contributed by atoms with Crippen LogP contribution in [0.2, 0.25) is 0 Å². The lowest BCUT2D eigenvalue weighted by Crippen LogP contribution is -2.36. The number of hydrogen-bond acceptors (Lipinski definition) is 3. The van der Waals surface area contributed by atoms with Crippen molar-refractivity contribution in [2.75, 3.05) is 25.6 Å². The molecule has 0 aromatic heterocycles. The van der Waals surface area contributed by atoms with Crippen molar-refractivity contribution in [3.05, 3.63) is 21.2 Å². The van der Waals surface area contributed by atoms with Crippen molar-refractivity contribution < 1.29 is 9.84 Å². The van der Waals surface area contributed by atoms with E-state index in [0.29, 0.717) is 6.54 Å². The summed E-state index contributed by atoms with van der Waals surface area (Å²) >= 11 is 3.65. The Morgan fingerprint density at radius 2 is 1.68 bits per heavy atom. The van der Waals surface area contributed by atoms with Gasteiger partial charge in [0.2, 0.25) is 0 Å². The minimum atomic E-state index is -0.753. The number of hydrogen-bond donors (Lipinski definition) is 1. The average molecular weight is 330 g/mol. The van der Waals surface area contributed by atoms with Gasteiger partial charge in [-0.15, -0.1) is 0 Å². The smallest absolute Gasteiger partial charge is 0.145 e. The molecule has 0 unspecified atom stereocenters. The third-order valence-corrected chi connectivity index (χ3v) is 4.53. The SMILES string of the molecule is COc1c(C)c(C)c(Br)c(C)c1N(C)CC(C)(C)O. The molecule has 0 bridgehead atoms. The van der Waals surface area contributed by atoms with E-state index in [2.05, 4.69) is 36.7 Å². The van der Waals surface area contributed by atoms with E-state index in [0.717, 1.165) is 27.0 Å². The van der Waals surface area contributed by atoms with Crippen LogP contribution in [0.15, 0.2) is 4.47 Å². The molecule has 4 heteroatoms. The molecule has 1 aromatic rings. The van der Waals surface area contributed by atoms with Crippen LogP contribution in [-0.2, 0) is 0 Å². The highest BCUT2D eigenvalue weighted by molar-refractivity contribution is 9.10. The molecule has 19 heavy (non-hydrogen) atoms. The quantitative estimate of drug-likeness (QED) is 0.916. The van der Waals surface area contributed by atoms with Gasteiger partial charge in [0.1, 0.15) is 5.75 Å². The second-order valence-electron chi connectivity index (χ2n) is 5.74. The summed E-state index contributed by atoms with van der Waals surface area (Å²) in [5.41, 5.74) is 3.72. The predicted octanol–water partition coefficient (Wildman–Crippen LogP) is 3.59. The maximum atomic E-state index is 10.0. The number of rotatable bonds is 4. The van der Waals surface area contributed by atoms with Gasteiger partial charge in [-0.2, -0.15) is 0 Å². The largest absolute Gasteiger partial charge is 0.494 e. The van der Waals surface area contributed by atoms with Crippen LogP contribution in [0.3, 0.4) is 0 Å². The number of likely N-dealkylation sites (N-methyl/N-ethyl adjacent to an activating group) is 1. The van der Waals surface area contributed by atoms with Crippen LogP contribution in [0.1, 0.15) is 30.5 Å². The number of halogens is 1. The molecular formula is C15H24BrNO2. The molecule has 0 fully saturated rings. The molecule has 1 rings (SSSR count). The second kappa shape index (κ2) is 5.71. The normalized spacial score (nSPS) is 11.6. The number of methoxy groups -OCH3 is 1. The van der Waals surface area contributed by atoms with Crippen molar-refractivity contribution in [3.63, 3.8) is 0 Å². The number of ether oxygens (including phenoxy) is 1. The summed E-state index contributed by atoms with van der Waals surface area (Å²) in [5, 5.41) is 10.0. The Bertz CT molecular complexity index is 478. The maximum Gasteiger partial charge on any atom is 0.145 e. The van der Waals surface area contributed by atoms with Gasteiger partial charge in [-0.1, -0.05) is 15.9 Å². The number of anilines is 1. The summed E-state index contributed by atoms with van der Waals surface area (Å²) in [4.78, 5) is 2.05. The molecule has 1 aromatic carbocycles. The van der Waals surface area contributed by atoms with Gasteiger partial charge < -0.3 is 14.7 Å². The van der Waals surface area contributed by atoms with Gasteiger partial charge in [0, 0.05) is 18.1 Å². The summed E-state index contributed by atoms with van der Waals surface area (Å²) in [5.74, 6) is 0.880. The molecule has 0 aliphatic carbocycles. The fourth-order valence-corrected chi connectivity index (χ4v) is 2.92. The number of benzene rings is 1. The molecule has 108 valence electrons. The van der Waals surface area contributed by atoms with E-state index >= 15 is 0 Å². The Balaban J connectivity index is 3.41. The maximum absolute atomic E-state index is 10.0. The Morgan fingerprint density at radius 1 is 1.16 bits per heavy atom. The molecule has 0 atom stereocenters. The van der Waals surface area contributed by atoms with E-state index < -0.39 is 5.60 Å². The van der Waals surface area contributed by atoms with Crippen LogP contribution in [0.25, 0.3) is 0 Å². The van der Waals surface area contributed by atoms with E-state index in [1.807, 2.05) is 11.9 Å². The molecule has 0 heterocycles. The van der Waals surface area contributed by atoms with Crippen LogP contribution in [-0.4, -0.2) is 31.4 Å². The molecule has 0 saturated carbocycles. The zero-order valence-corrected chi connectivity index (χ0v) is 14.5. The van der Waals surface area contributed by atoms with Crippen molar-refractivity contribution >= 4 is 21.6 Å². The van der Waals surface area contributed by atoms with Gasteiger partial charge in [-0.25, -0.2) is 0 Å². The first-order valence-corrected chi connectivity index (χ1v) is 7.16. The summed E-state index contributed by atoms with van der Waals surface area (Å²) in [6.45, 7) is 10.4. The minimum Gasteiger partial charge on any atom is -0.494 e. The van der Waals surface area contributed by atoms with Crippen molar-refractivity contribution in [1.29, 1.82) is 0 Å². The standard InChI is InChI=1S/C15H24BrNO2/c1-9-10(2)14(19-7)13(11(3)12(9)16)17(6)8-15(4,5)18/h18H,8H2,1-7H3. The lowest BCUT2D eigenvalue weighted by molar-refractivity contribution is 0.0885. The van der Waals surface area contributed by atoms with Crippen LogP contribution in [0.4, 0.5) is 5.69 Å². The summed E-state index contributed by atoms with van der Waals surface area (Å²) < 4.78 is 6.68. The third kappa shape index (κ3) is 3.42. The second-order valence-corrected chi connectivity index (χ2v) is 6.53. The molecule has 0 saturated heterocycles. The highest BCUT2D eigenvalue weighted by atomic mass is 79.9. The average Bonchev–Trinajstić information content (AvgIpc) is 2.28. The number of aliphatic hydroxyl groups is 1. The first-order chi connectivity index (χ1) is 8.60. The monoisotopic (exact) mass is 329 g/mol. The van der Waals surface area contributed by atoms with Gasteiger partial charge in [0.05, 0.1) is 18.4 Å². The molecule has 0 aliphatic heterocycles. The van der Waals surface area contributed by atoms with E-state index in [1.54, 1.807) is 21.0 Å². The molecule has 1 N–H and O–H groups in total. The van der Waals surface area contributed by atoms with Crippen LogP contribution in [0.5, 0.6) is 5.75 Å². The molecule has 3 nitrogen and oxygen atoms in total. The molecule has 0 radical (unpaired) electrons. The van der Waals surface area contributed by atoms with E-state index in [4.69, 9.17) is 4.74 Å². The van der Waals surface area contributed by atoms with E-state index in [9.17, 15) is 5.11 Å². The summed E-state index contributed by atoms with van der Waals surface area (Å²) in [6.07, 6.45) is 0. The number of nitrogens with zero attached hydrogens (tertiary/aromatic N) is 1. The third-order valence-electron chi connectivity index (χ3n) is 3.34. The van der Waals surface area contributed by atoms with Crippen molar-refractivity contribution in [1.82, 2.24) is 0 Å². The predicted molar refractivity (Wildman–Crippen MR) is 84.5 cm³/mol. The summed E-state index contributed by atoms with van der Waals surface area (Å²) in [7, 11) is 3.67. The Morgan fingerprint density at radius 3 is 2.11 bits per heavy atom. The van der Waals surface area contributed by atoms with E-state index in [1.165, 1.54) is 5.56 Å². The highest BCUT2D eigenvalue weighted by Gasteiger charge is 2.23.